The number of rotatable bonds is 10. The molecule has 0 spiro atoms. The molecule has 8 heteroatoms. The highest BCUT2D eigenvalue weighted by molar-refractivity contribution is 7.89. The van der Waals surface area contributed by atoms with Crippen LogP contribution in [0.15, 0.2) is 17.3 Å². The maximum Gasteiger partial charge on any atom is 0.243 e. The van der Waals surface area contributed by atoms with E-state index in [1.165, 1.54) is 19.0 Å². The van der Waals surface area contributed by atoms with Crippen molar-refractivity contribution < 1.29 is 13.2 Å². The molecule has 0 saturated heterocycles. The molecule has 1 heterocycles. The third-order valence-corrected chi connectivity index (χ3v) is 4.50. The van der Waals surface area contributed by atoms with Crippen molar-refractivity contribution in [3.05, 3.63) is 12.4 Å². The highest BCUT2D eigenvalue weighted by Gasteiger charge is 2.20. The van der Waals surface area contributed by atoms with E-state index in [4.69, 9.17) is 4.74 Å². The molecule has 2 rings (SSSR count). The Morgan fingerprint density at radius 3 is 2.95 bits per heavy atom. The molecule has 1 saturated carbocycles. The Bertz CT molecular complexity index is 511. The normalized spacial score (nSPS) is 15.7. The number of hydrogen-bond acceptors (Lipinski definition) is 5. The molecule has 1 aliphatic rings. The number of sulfonamides is 1. The van der Waals surface area contributed by atoms with Gasteiger partial charge in [0.05, 0.1) is 12.7 Å². The van der Waals surface area contributed by atoms with E-state index < -0.39 is 10.0 Å². The zero-order valence-corrected chi connectivity index (χ0v) is 12.5. The van der Waals surface area contributed by atoms with Crippen LogP contribution in [-0.4, -0.2) is 51.0 Å². The summed E-state index contributed by atoms with van der Waals surface area (Å²) in [6.45, 7) is 2.39. The van der Waals surface area contributed by atoms with Crippen molar-refractivity contribution in [1.29, 1.82) is 0 Å². The molecule has 114 valence electrons. The number of methoxy groups -OCH3 is 1. The molecule has 1 aliphatic carbocycles. The molecular formula is C12H22N4O3S. The summed E-state index contributed by atoms with van der Waals surface area (Å²) in [5, 5.41) is 7.44. The number of nitrogens with zero attached hydrogens (tertiary/aromatic N) is 2. The van der Waals surface area contributed by atoms with Crippen LogP contribution in [-0.2, 0) is 21.3 Å². The molecule has 0 amide bonds. The van der Waals surface area contributed by atoms with Gasteiger partial charge in [-0.1, -0.05) is 0 Å². The van der Waals surface area contributed by atoms with E-state index >= 15 is 0 Å². The minimum absolute atomic E-state index is 0.210. The van der Waals surface area contributed by atoms with Crippen molar-refractivity contribution in [2.75, 3.05) is 26.8 Å². The van der Waals surface area contributed by atoms with Crippen LogP contribution in [0.1, 0.15) is 19.3 Å². The van der Waals surface area contributed by atoms with Crippen LogP contribution in [0.2, 0.25) is 0 Å². The second-order valence-electron chi connectivity index (χ2n) is 4.91. The standard InChI is InChI=1S/C12H22N4O3S/c1-19-8-2-5-15-20(17,18)12-9-14-16(10-12)7-6-13-11-3-4-11/h9-11,13,15H,2-8H2,1H3. The Morgan fingerprint density at radius 1 is 1.45 bits per heavy atom. The summed E-state index contributed by atoms with van der Waals surface area (Å²) < 4.78 is 33.0. The van der Waals surface area contributed by atoms with Gasteiger partial charge in [-0.15, -0.1) is 0 Å². The largest absolute Gasteiger partial charge is 0.385 e. The van der Waals surface area contributed by atoms with E-state index in [0.29, 0.717) is 32.2 Å². The van der Waals surface area contributed by atoms with Crippen LogP contribution in [0.25, 0.3) is 0 Å². The minimum atomic E-state index is -3.46. The van der Waals surface area contributed by atoms with Crippen molar-refractivity contribution in [2.24, 2.45) is 0 Å². The van der Waals surface area contributed by atoms with Gasteiger partial charge in [-0.2, -0.15) is 5.10 Å². The van der Waals surface area contributed by atoms with Crippen LogP contribution in [0.5, 0.6) is 0 Å². The van der Waals surface area contributed by atoms with E-state index in [-0.39, 0.29) is 4.90 Å². The predicted molar refractivity (Wildman–Crippen MR) is 74.9 cm³/mol. The first-order valence-corrected chi connectivity index (χ1v) is 8.34. The molecule has 2 N–H and O–H groups in total. The molecule has 0 aromatic carbocycles. The maximum absolute atomic E-state index is 12.0. The van der Waals surface area contributed by atoms with Crippen LogP contribution in [0.3, 0.4) is 0 Å². The van der Waals surface area contributed by atoms with Crippen LogP contribution in [0.4, 0.5) is 0 Å². The lowest BCUT2D eigenvalue weighted by atomic mass is 10.5. The average Bonchev–Trinajstić information content (AvgIpc) is 3.10. The highest BCUT2D eigenvalue weighted by atomic mass is 32.2. The quantitative estimate of drug-likeness (QED) is 0.592. The Labute approximate surface area is 119 Å². The molecule has 1 fully saturated rings. The third kappa shape index (κ3) is 4.86. The maximum atomic E-state index is 12.0. The molecule has 7 nitrogen and oxygen atoms in total. The molecular weight excluding hydrogens is 280 g/mol. The van der Waals surface area contributed by atoms with E-state index in [1.807, 2.05) is 0 Å². The second-order valence-corrected chi connectivity index (χ2v) is 6.68. The number of nitrogens with one attached hydrogen (secondary N) is 2. The fraction of sp³-hybridized carbons (Fsp3) is 0.750. The number of ether oxygens (including phenoxy) is 1. The second kappa shape index (κ2) is 7.16. The Hall–Kier alpha value is -0.960. The lowest BCUT2D eigenvalue weighted by Crippen LogP contribution is -2.25. The first kappa shape index (κ1) is 15.4. The monoisotopic (exact) mass is 302 g/mol. The molecule has 20 heavy (non-hydrogen) atoms. The van der Waals surface area contributed by atoms with Crippen molar-refractivity contribution in [1.82, 2.24) is 19.8 Å². The third-order valence-electron chi connectivity index (χ3n) is 3.09. The topological polar surface area (TPSA) is 85.2 Å². The molecule has 0 aliphatic heterocycles. The van der Waals surface area contributed by atoms with Gasteiger partial charge in [-0.3, -0.25) is 4.68 Å². The summed E-state index contributed by atoms with van der Waals surface area (Å²) in [5.74, 6) is 0. The molecule has 0 atom stereocenters. The molecule has 1 aromatic rings. The first-order chi connectivity index (χ1) is 9.62. The van der Waals surface area contributed by atoms with Crippen molar-refractivity contribution in [3.63, 3.8) is 0 Å². The van der Waals surface area contributed by atoms with E-state index in [1.54, 1.807) is 18.0 Å². The van der Waals surface area contributed by atoms with E-state index in [2.05, 4.69) is 15.1 Å². The molecule has 0 radical (unpaired) electrons. The van der Waals surface area contributed by atoms with Gasteiger partial charge in [0, 0.05) is 39.0 Å². The Morgan fingerprint density at radius 2 is 2.25 bits per heavy atom. The Kier molecular flexibility index (Phi) is 5.53. The van der Waals surface area contributed by atoms with Crippen LogP contribution < -0.4 is 10.0 Å². The van der Waals surface area contributed by atoms with Gasteiger partial charge >= 0.3 is 0 Å². The summed E-state index contributed by atoms with van der Waals surface area (Å²) in [4.78, 5) is 0.210. The van der Waals surface area contributed by atoms with Crippen molar-refractivity contribution in [2.45, 2.75) is 36.7 Å². The fourth-order valence-corrected chi connectivity index (χ4v) is 2.81. The summed E-state index contributed by atoms with van der Waals surface area (Å²) in [6.07, 6.45) is 6.08. The first-order valence-electron chi connectivity index (χ1n) is 6.86. The van der Waals surface area contributed by atoms with Gasteiger partial charge in [0.2, 0.25) is 10.0 Å². The summed E-state index contributed by atoms with van der Waals surface area (Å²) in [6, 6.07) is 0.649. The van der Waals surface area contributed by atoms with Gasteiger partial charge in [0.15, 0.2) is 0 Å². The lowest BCUT2D eigenvalue weighted by Gasteiger charge is -2.04. The number of hydrogen-bond donors (Lipinski definition) is 2. The zero-order valence-electron chi connectivity index (χ0n) is 11.7. The summed E-state index contributed by atoms with van der Waals surface area (Å²) in [7, 11) is -1.87. The molecule has 0 bridgehead atoms. The van der Waals surface area contributed by atoms with Gasteiger partial charge < -0.3 is 10.1 Å². The van der Waals surface area contributed by atoms with Crippen molar-refractivity contribution >= 4 is 10.0 Å². The van der Waals surface area contributed by atoms with Gasteiger partial charge in [-0.25, -0.2) is 13.1 Å². The van der Waals surface area contributed by atoms with E-state index in [0.717, 1.165) is 6.54 Å². The average molecular weight is 302 g/mol. The summed E-state index contributed by atoms with van der Waals surface area (Å²) >= 11 is 0. The SMILES string of the molecule is COCCCNS(=O)(=O)c1cnn(CCNC2CC2)c1. The van der Waals surface area contributed by atoms with Gasteiger partial charge in [0.25, 0.3) is 0 Å². The van der Waals surface area contributed by atoms with Crippen LogP contribution in [0, 0.1) is 0 Å². The fourth-order valence-electron chi connectivity index (χ4n) is 1.78. The van der Waals surface area contributed by atoms with Gasteiger partial charge in [0.1, 0.15) is 4.90 Å². The lowest BCUT2D eigenvalue weighted by molar-refractivity contribution is 0.196. The smallest absolute Gasteiger partial charge is 0.243 e. The minimum Gasteiger partial charge on any atom is -0.385 e. The molecule has 0 unspecified atom stereocenters. The van der Waals surface area contributed by atoms with Gasteiger partial charge in [-0.05, 0) is 19.3 Å². The number of aromatic nitrogens is 2. The molecule has 1 aromatic heterocycles. The van der Waals surface area contributed by atoms with Crippen LogP contribution >= 0.6 is 0 Å². The Balaban J connectivity index is 1.79. The van der Waals surface area contributed by atoms with Crippen molar-refractivity contribution in [3.8, 4) is 0 Å². The zero-order chi connectivity index (χ0) is 14.4. The highest BCUT2D eigenvalue weighted by Crippen LogP contribution is 2.18. The predicted octanol–water partition coefficient (Wildman–Crippen LogP) is -0.0501. The van der Waals surface area contributed by atoms with E-state index in [9.17, 15) is 8.42 Å². The summed E-state index contributed by atoms with van der Waals surface area (Å²) in [5.41, 5.74) is 0.